The van der Waals surface area contributed by atoms with Gasteiger partial charge in [-0.2, -0.15) is 0 Å². The number of carbonyl (C=O) groups is 1. The molecule has 0 bridgehead atoms. The van der Waals surface area contributed by atoms with E-state index in [1.807, 2.05) is 48.5 Å². The Morgan fingerprint density at radius 3 is 1.91 bits per heavy atom. The molecule has 2 aromatic rings. The zero-order valence-corrected chi connectivity index (χ0v) is 16.0. The van der Waals surface area contributed by atoms with Crippen LogP contribution in [0.15, 0.2) is 48.5 Å². The van der Waals surface area contributed by atoms with Crippen LogP contribution in [0.5, 0.6) is 0 Å². The lowest BCUT2D eigenvalue weighted by Gasteiger charge is -2.36. The third kappa shape index (κ3) is 3.22. The zero-order valence-electron chi connectivity index (χ0n) is 11.7. The molecule has 1 saturated heterocycles. The normalized spacial score (nSPS) is 17.2. The van der Waals surface area contributed by atoms with Gasteiger partial charge >= 0.3 is 0 Å². The second-order valence-electron chi connectivity index (χ2n) is 5.01. The highest BCUT2D eigenvalue weighted by Gasteiger charge is 2.45. The van der Waals surface area contributed by atoms with Crippen LogP contribution in [0.25, 0.3) is 0 Å². The number of hydrogen-bond acceptors (Lipinski definition) is 3. The van der Waals surface area contributed by atoms with Crippen molar-refractivity contribution in [3.63, 3.8) is 0 Å². The lowest BCUT2D eigenvalue weighted by Crippen LogP contribution is -2.45. The van der Waals surface area contributed by atoms with Crippen molar-refractivity contribution in [3.05, 3.63) is 66.8 Å². The second kappa shape index (κ2) is 6.94. The quantitative estimate of drug-likeness (QED) is 0.446. The summed E-state index contributed by atoms with van der Waals surface area (Å²) in [5, 5.41) is 0. The summed E-state index contributed by atoms with van der Waals surface area (Å²) in [7, 11) is 0. The highest BCUT2D eigenvalue weighted by molar-refractivity contribution is 14.1. The van der Waals surface area contributed by atoms with Gasteiger partial charge in [-0.15, -0.1) is 0 Å². The number of Topliss-reactive ketones (excluding diaryl/α,β-unsaturated/α-hetero) is 1. The van der Waals surface area contributed by atoms with E-state index in [9.17, 15) is 4.79 Å². The van der Waals surface area contributed by atoms with Crippen LogP contribution < -0.4 is 0 Å². The van der Waals surface area contributed by atoms with E-state index in [0.29, 0.717) is 18.8 Å². The summed E-state index contributed by atoms with van der Waals surface area (Å²) in [5.41, 5.74) is 1.34. The maximum Gasteiger partial charge on any atom is 0.261 e. The molecule has 0 aliphatic carbocycles. The predicted octanol–water partition coefficient (Wildman–Crippen LogP) is 4.37. The molecule has 0 amide bonds. The molecule has 5 heteroatoms. The van der Waals surface area contributed by atoms with Gasteiger partial charge < -0.3 is 9.47 Å². The molecule has 0 N–H and O–H groups in total. The molecule has 1 aliphatic heterocycles. The van der Waals surface area contributed by atoms with Crippen LogP contribution in [0.2, 0.25) is 0 Å². The van der Waals surface area contributed by atoms with Gasteiger partial charge in [-0.05, 0) is 75.9 Å². The van der Waals surface area contributed by atoms with Crippen LogP contribution in [0.1, 0.15) is 22.3 Å². The molecule has 0 radical (unpaired) electrons. The third-order valence-corrected chi connectivity index (χ3v) is 4.97. The summed E-state index contributed by atoms with van der Waals surface area (Å²) in [6.07, 6.45) is 0.798. The summed E-state index contributed by atoms with van der Waals surface area (Å²) in [5.74, 6) is -1.47. The van der Waals surface area contributed by atoms with Gasteiger partial charge in [-0.25, -0.2) is 0 Å². The highest BCUT2D eigenvalue weighted by Crippen LogP contribution is 2.34. The van der Waals surface area contributed by atoms with E-state index in [4.69, 9.17) is 9.47 Å². The molecular weight excluding hydrogens is 506 g/mol. The fourth-order valence-electron chi connectivity index (χ4n) is 2.42. The molecule has 3 nitrogen and oxygen atoms in total. The molecule has 2 aromatic carbocycles. The van der Waals surface area contributed by atoms with Gasteiger partial charge in [-0.1, -0.05) is 24.3 Å². The van der Waals surface area contributed by atoms with Crippen molar-refractivity contribution in [2.24, 2.45) is 0 Å². The molecule has 0 unspecified atom stereocenters. The molecule has 1 fully saturated rings. The van der Waals surface area contributed by atoms with Crippen molar-refractivity contribution in [3.8, 4) is 0 Å². The molecular formula is C17H14I2O3. The Morgan fingerprint density at radius 1 is 0.864 bits per heavy atom. The minimum atomic E-state index is -1.32. The Balaban J connectivity index is 2.03. The minimum Gasteiger partial charge on any atom is -0.340 e. The molecule has 1 aliphatic rings. The largest absolute Gasteiger partial charge is 0.340 e. The van der Waals surface area contributed by atoms with Gasteiger partial charge in [0.15, 0.2) is 0 Å². The molecule has 0 atom stereocenters. The standard InChI is InChI=1S/C17H14I2O3/c18-14-6-2-12(3-7-14)16(20)17(21-10-1-11-22-17)13-4-8-15(19)9-5-13/h2-9H,1,10-11H2. The van der Waals surface area contributed by atoms with Gasteiger partial charge in [0.1, 0.15) is 0 Å². The van der Waals surface area contributed by atoms with Crippen LogP contribution in [0.4, 0.5) is 0 Å². The van der Waals surface area contributed by atoms with E-state index in [0.717, 1.165) is 19.1 Å². The lowest BCUT2D eigenvalue weighted by atomic mass is 9.95. The number of ketones is 1. The number of rotatable bonds is 3. The van der Waals surface area contributed by atoms with Crippen molar-refractivity contribution >= 4 is 51.0 Å². The third-order valence-electron chi connectivity index (χ3n) is 3.53. The van der Waals surface area contributed by atoms with Gasteiger partial charge in [-0.3, -0.25) is 4.79 Å². The average molecular weight is 520 g/mol. The van der Waals surface area contributed by atoms with Crippen molar-refractivity contribution in [2.75, 3.05) is 13.2 Å². The van der Waals surface area contributed by atoms with Crippen LogP contribution in [0, 0.1) is 7.14 Å². The van der Waals surface area contributed by atoms with Crippen molar-refractivity contribution in [2.45, 2.75) is 12.2 Å². The molecule has 114 valence electrons. The fourth-order valence-corrected chi connectivity index (χ4v) is 3.14. The molecule has 0 spiro atoms. The van der Waals surface area contributed by atoms with Gasteiger partial charge in [0, 0.05) is 18.3 Å². The fraction of sp³-hybridized carbons (Fsp3) is 0.235. The van der Waals surface area contributed by atoms with E-state index < -0.39 is 5.79 Å². The van der Waals surface area contributed by atoms with E-state index in [1.165, 1.54) is 0 Å². The Bertz CT molecular complexity index is 659. The number of halogens is 2. The average Bonchev–Trinajstić information content (AvgIpc) is 2.56. The topological polar surface area (TPSA) is 35.5 Å². The molecule has 1 heterocycles. The van der Waals surface area contributed by atoms with Gasteiger partial charge in [0.25, 0.3) is 5.79 Å². The first-order valence-electron chi connectivity index (χ1n) is 6.96. The van der Waals surface area contributed by atoms with Crippen molar-refractivity contribution in [1.29, 1.82) is 0 Å². The van der Waals surface area contributed by atoms with E-state index in [-0.39, 0.29) is 5.78 Å². The second-order valence-corrected chi connectivity index (χ2v) is 7.50. The summed E-state index contributed by atoms with van der Waals surface area (Å²) < 4.78 is 13.9. The maximum atomic E-state index is 13.1. The first-order chi connectivity index (χ1) is 10.6. The summed E-state index contributed by atoms with van der Waals surface area (Å²) in [6.45, 7) is 1.03. The number of benzene rings is 2. The Kier molecular flexibility index (Phi) is 5.16. The van der Waals surface area contributed by atoms with Crippen molar-refractivity contribution in [1.82, 2.24) is 0 Å². The summed E-state index contributed by atoms with van der Waals surface area (Å²) in [4.78, 5) is 13.1. The molecule has 22 heavy (non-hydrogen) atoms. The first kappa shape index (κ1) is 16.4. The summed E-state index contributed by atoms with van der Waals surface area (Å²) >= 11 is 4.46. The van der Waals surface area contributed by atoms with Gasteiger partial charge in [0.05, 0.1) is 13.2 Å². The van der Waals surface area contributed by atoms with E-state index in [2.05, 4.69) is 45.2 Å². The molecule has 3 rings (SSSR count). The smallest absolute Gasteiger partial charge is 0.261 e. The van der Waals surface area contributed by atoms with Crippen LogP contribution >= 0.6 is 45.2 Å². The molecule has 0 aromatic heterocycles. The monoisotopic (exact) mass is 520 g/mol. The first-order valence-corrected chi connectivity index (χ1v) is 9.12. The number of ether oxygens (including phenoxy) is 2. The predicted molar refractivity (Wildman–Crippen MR) is 101 cm³/mol. The lowest BCUT2D eigenvalue weighted by molar-refractivity contribution is -0.240. The van der Waals surface area contributed by atoms with Crippen LogP contribution in [-0.2, 0) is 15.3 Å². The Labute approximate surface area is 156 Å². The summed E-state index contributed by atoms with van der Waals surface area (Å²) in [6, 6.07) is 15.2. The Morgan fingerprint density at radius 2 is 1.36 bits per heavy atom. The maximum absolute atomic E-state index is 13.1. The van der Waals surface area contributed by atoms with Crippen LogP contribution in [-0.4, -0.2) is 19.0 Å². The Hall–Kier alpha value is -0.510. The van der Waals surface area contributed by atoms with Crippen molar-refractivity contribution < 1.29 is 14.3 Å². The zero-order chi connectivity index (χ0) is 15.6. The highest BCUT2D eigenvalue weighted by atomic mass is 127. The minimum absolute atomic E-state index is 0.148. The molecule has 0 saturated carbocycles. The van der Waals surface area contributed by atoms with E-state index >= 15 is 0 Å². The number of hydrogen-bond donors (Lipinski definition) is 0. The number of carbonyl (C=O) groups excluding carboxylic acids is 1. The van der Waals surface area contributed by atoms with Gasteiger partial charge in [0.2, 0.25) is 5.78 Å². The van der Waals surface area contributed by atoms with Crippen LogP contribution in [0.3, 0.4) is 0 Å². The van der Waals surface area contributed by atoms with E-state index in [1.54, 1.807) is 0 Å². The SMILES string of the molecule is O=C(c1ccc(I)cc1)C1(c2ccc(I)cc2)OCCCO1.